The number of halogens is 2. The molecule has 10 heteroatoms. The average molecular weight is 464 g/mol. The first-order valence-corrected chi connectivity index (χ1v) is 10.7. The highest BCUT2D eigenvalue weighted by molar-refractivity contribution is 7.99. The molecule has 0 aliphatic heterocycles. The molecule has 0 unspecified atom stereocenters. The fourth-order valence-electron chi connectivity index (χ4n) is 2.65. The number of nitrogens with zero attached hydrogens (tertiary/aromatic N) is 3. The molecule has 2 aromatic carbocycles. The number of aromatic nitrogens is 3. The highest BCUT2D eigenvalue weighted by atomic mass is 35.5. The van der Waals surface area contributed by atoms with Gasteiger partial charge < -0.3 is 15.2 Å². The lowest BCUT2D eigenvalue weighted by Crippen LogP contribution is -2.28. The van der Waals surface area contributed by atoms with Gasteiger partial charge in [-0.2, -0.15) is 0 Å². The Hall–Kier alpha value is -2.55. The molecule has 1 aromatic heterocycles. The van der Waals surface area contributed by atoms with Crippen molar-refractivity contribution < 1.29 is 9.59 Å². The Morgan fingerprint density at radius 3 is 2.50 bits per heavy atom. The maximum absolute atomic E-state index is 12.4. The normalized spacial score (nSPS) is 11.7. The number of nitrogens with one attached hydrogen (secondary N) is 2. The van der Waals surface area contributed by atoms with Crippen molar-refractivity contribution >= 4 is 52.5 Å². The Morgan fingerprint density at radius 2 is 1.80 bits per heavy atom. The minimum absolute atomic E-state index is 0.142. The average Bonchev–Trinajstić information content (AvgIpc) is 3.09. The molecule has 0 fully saturated rings. The van der Waals surface area contributed by atoms with Crippen LogP contribution >= 0.6 is 35.0 Å². The lowest BCUT2D eigenvalue weighted by atomic mass is 10.2. The van der Waals surface area contributed by atoms with Gasteiger partial charge in [-0.15, -0.1) is 10.2 Å². The van der Waals surface area contributed by atoms with E-state index in [-0.39, 0.29) is 23.6 Å². The molecule has 0 radical (unpaired) electrons. The zero-order valence-electron chi connectivity index (χ0n) is 16.2. The summed E-state index contributed by atoms with van der Waals surface area (Å²) in [5.41, 5.74) is 1.06. The van der Waals surface area contributed by atoms with Crippen molar-refractivity contribution in [1.82, 2.24) is 20.1 Å². The first-order chi connectivity index (χ1) is 14.3. The van der Waals surface area contributed by atoms with Gasteiger partial charge in [0.25, 0.3) is 5.91 Å². The van der Waals surface area contributed by atoms with Crippen LogP contribution in [0.25, 0.3) is 0 Å². The largest absolute Gasteiger partial charge is 0.342 e. The van der Waals surface area contributed by atoms with Gasteiger partial charge in [-0.1, -0.05) is 47.1 Å². The molecule has 1 atom stereocenters. The number of hydrogen-bond donors (Lipinski definition) is 2. The van der Waals surface area contributed by atoms with Gasteiger partial charge in [0.15, 0.2) is 11.0 Å². The van der Waals surface area contributed by atoms with E-state index in [0.29, 0.717) is 32.3 Å². The molecule has 30 heavy (non-hydrogen) atoms. The van der Waals surface area contributed by atoms with Crippen molar-refractivity contribution in [3.63, 3.8) is 0 Å². The summed E-state index contributed by atoms with van der Waals surface area (Å²) in [6.45, 7) is 1.82. The molecule has 0 saturated heterocycles. The molecule has 3 aromatic rings. The molecular weight excluding hydrogens is 445 g/mol. The van der Waals surface area contributed by atoms with Crippen molar-refractivity contribution in [2.45, 2.75) is 18.1 Å². The summed E-state index contributed by atoms with van der Waals surface area (Å²) in [7, 11) is 1.79. The van der Waals surface area contributed by atoms with Crippen LogP contribution in [0.4, 0.5) is 5.69 Å². The van der Waals surface area contributed by atoms with Gasteiger partial charge in [0.2, 0.25) is 5.91 Å². The van der Waals surface area contributed by atoms with Gasteiger partial charge in [-0.3, -0.25) is 9.59 Å². The Balaban J connectivity index is 1.58. The maximum atomic E-state index is 12.4. The topological polar surface area (TPSA) is 88.9 Å². The van der Waals surface area contributed by atoms with Crippen molar-refractivity contribution in [1.29, 1.82) is 0 Å². The fraction of sp³-hybridized carbons (Fsp3) is 0.200. The molecular formula is C20H19Cl2N5O2S. The number of rotatable bonds is 7. The predicted octanol–water partition coefficient (Wildman–Crippen LogP) is 4.34. The van der Waals surface area contributed by atoms with Crippen molar-refractivity contribution in [2.75, 3.05) is 11.1 Å². The van der Waals surface area contributed by atoms with Gasteiger partial charge in [0.1, 0.15) is 0 Å². The fourth-order valence-corrected chi connectivity index (χ4v) is 3.68. The summed E-state index contributed by atoms with van der Waals surface area (Å²) in [5, 5.41) is 15.5. The Kier molecular flexibility index (Phi) is 7.36. The summed E-state index contributed by atoms with van der Waals surface area (Å²) in [6.07, 6.45) is 0. The standard InChI is InChI=1S/C20H19Cl2N5O2S/c1-12(23-19(29)13-7-9-14(21)10-8-13)18-25-26-20(27(18)2)30-11-17(28)24-16-6-4-3-5-15(16)22/h3-10,12H,11H2,1-2H3,(H,23,29)(H,24,28)/t12-/m1/s1. The lowest BCUT2D eigenvalue weighted by Gasteiger charge is -2.13. The number of anilines is 1. The molecule has 0 spiro atoms. The van der Waals surface area contributed by atoms with E-state index in [1.54, 1.807) is 60.1 Å². The van der Waals surface area contributed by atoms with Gasteiger partial charge in [0.05, 0.1) is 22.5 Å². The first-order valence-electron chi connectivity index (χ1n) is 8.98. The second-order valence-electron chi connectivity index (χ2n) is 6.42. The molecule has 0 aliphatic carbocycles. The minimum atomic E-state index is -0.378. The van der Waals surface area contributed by atoms with Gasteiger partial charge >= 0.3 is 0 Å². The van der Waals surface area contributed by atoms with E-state index in [0.717, 1.165) is 0 Å². The number of hydrogen-bond acceptors (Lipinski definition) is 5. The third-order valence-electron chi connectivity index (χ3n) is 4.19. The second-order valence-corrected chi connectivity index (χ2v) is 8.20. The number of thioether (sulfide) groups is 1. The van der Waals surface area contributed by atoms with Crippen molar-refractivity contribution in [2.24, 2.45) is 7.05 Å². The molecule has 0 saturated carbocycles. The minimum Gasteiger partial charge on any atom is -0.342 e. The van der Waals surface area contributed by atoms with E-state index in [2.05, 4.69) is 20.8 Å². The zero-order valence-corrected chi connectivity index (χ0v) is 18.6. The van der Waals surface area contributed by atoms with E-state index < -0.39 is 0 Å². The number of para-hydroxylation sites is 1. The SMILES string of the molecule is C[C@@H](NC(=O)c1ccc(Cl)cc1)c1nnc(SCC(=O)Nc2ccccc2Cl)n1C. The van der Waals surface area contributed by atoms with Gasteiger partial charge in [0, 0.05) is 17.6 Å². The molecule has 7 nitrogen and oxygen atoms in total. The summed E-state index contributed by atoms with van der Waals surface area (Å²) in [4.78, 5) is 24.6. The summed E-state index contributed by atoms with van der Waals surface area (Å²) in [5.74, 6) is 0.270. The van der Waals surface area contributed by atoms with Gasteiger partial charge in [-0.25, -0.2) is 0 Å². The monoisotopic (exact) mass is 463 g/mol. The molecule has 3 rings (SSSR count). The Bertz CT molecular complexity index is 1060. The molecule has 1 heterocycles. The highest BCUT2D eigenvalue weighted by Gasteiger charge is 2.19. The second kappa shape index (κ2) is 9.97. The van der Waals surface area contributed by atoms with E-state index in [1.807, 2.05) is 6.92 Å². The number of carbonyl (C=O) groups excluding carboxylic acids is 2. The highest BCUT2D eigenvalue weighted by Crippen LogP contribution is 2.23. The molecule has 2 amide bonds. The number of carbonyl (C=O) groups is 2. The summed E-state index contributed by atoms with van der Waals surface area (Å²) >= 11 is 13.2. The van der Waals surface area contributed by atoms with Crippen LogP contribution in [-0.4, -0.2) is 32.3 Å². The van der Waals surface area contributed by atoms with E-state index in [1.165, 1.54) is 11.8 Å². The third-order valence-corrected chi connectivity index (χ3v) is 5.79. The molecule has 156 valence electrons. The van der Waals surface area contributed by atoms with Crippen LogP contribution in [0.5, 0.6) is 0 Å². The summed E-state index contributed by atoms with van der Waals surface area (Å²) in [6, 6.07) is 13.3. The smallest absolute Gasteiger partial charge is 0.251 e. The number of amides is 2. The predicted molar refractivity (Wildman–Crippen MR) is 119 cm³/mol. The summed E-state index contributed by atoms with van der Waals surface area (Å²) < 4.78 is 1.75. The van der Waals surface area contributed by atoms with Crippen LogP contribution < -0.4 is 10.6 Å². The Labute approximate surface area is 188 Å². The van der Waals surface area contributed by atoms with E-state index in [9.17, 15) is 9.59 Å². The van der Waals surface area contributed by atoms with E-state index in [4.69, 9.17) is 23.2 Å². The lowest BCUT2D eigenvalue weighted by molar-refractivity contribution is -0.113. The van der Waals surface area contributed by atoms with Crippen LogP contribution in [0.15, 0.2) is 53.7 Å². The number of benzene rings is 2. The Morgan fingerprint density at radius 1 is 1.10 bits per heavy atom. The van der Waals surface area contributed by atoms with Crippen LogP contribution in [0.1, 0.15) is 29.1 Å². The maximum Gasteiger partial charge on any atom is 0.251 e. The van der Waals surface area contributed by atoms with Crippen LogP contribution in [0.2, 0.25) is 10.0 Å². The first kappa shape index (κ1) is 22.1. The van der Waals surface area contributed by atoms with Crippen LogP contribution in [0, 0.1) is 0 Å². The van der Waals surface area contributed by atoms with Crippen LogP contribution in [-0.2, 0) is 11.8 Å². The van der Waals surface area contributed by atoms with E-state index >= 15 is 0 Å². The van der Waals surface area contributed by atoms with Gasteiger partial charge in [-0.05, 0) is 43.3 Å². The molecule has 0 aliphatic rings. The van der Waals surface area contributed by atoms with Crippen LogP contribution in [0.3, 0.4) is 0 Å². The van der Waals surface area contributed by atoms with Crippen molar-refractivity contribution in [3.8, 4) is 0 Å². The zero-order chi connectivity index (χ0) is 21.7. The third kappa shape index (κ3) is 5.53. The quantitative estimate of drug-likeness (QED) is 0.508. The molecule has 2 N–H and O–H groups in total. The van der Waals surface area contributed by atoms with Crippen molar-refractivity contribution in [3.05, 3.63) is 70.0 Å². The molecule has 0 bridgehead atoms.